The van der Waals surface area contributed by atoms with E-state index in [1.54, 1.807) is 4.68 Å². The molecule has 0 saturated heterocycles. The zero-order chi connectivity index (χ0) is 13.8. The molecule has 1 aliphatic rings. The summed E-state index contributed by atoms with van der Waals surface area (Å²) in [6.07, 6.45) is 6.15. The van der Waals surface area contributed by atoms with Crippen molar-refractivity contribution in [1.82, 2.24) is 15.1 Å². The molecule has 1 unspecified atom stereocenters. The summed E-state index contributed by atoms with van der Waals surface area (Å²) in [4.78, 5) is 12.2. The summed E-state index contributed by atoms with van der Waals surface area (Å²) in [5.41, 5.74) is 7.28. The summed E-state index contributed by atoms with van der Waals surface area (Å²) in [5.74, 6) is 0.414. The zero-order valence-corrected chi connectivity index (χ0v) is 13.1. The van der Waals surface area contributed by atoms with Crippen molar-refractivity contribution in [3.05, 3.63) is 17.5 Å². The summed E-state index contributed by atoms with van der Waals surface area (Å²) in [5, 5.41) is 7.26. The minimum absolute atomic E-state index is 0. The van der Waals surface area contributed by atoms with Gasteiger partial charge in [0.15, 0.2) is 0 Å². The molecular formula is C14H25ClN4O. The summed E-state index contributed by atoms with van der Waals surface area (Å²) >= 11 is 0. The lowest BCUT2D eigenvalue weighted by atomic mass is 9.84. The highest BCUT2D eigenvalue weighted by Gasteiger charge is 2.25. The molecule has 114 valence electrons. The van der Waals surface area contributed by atoms with E-state index in [1.165, 1.54) is 32.1 Å². The number of carbonyl (C=O) groups excluding carboxylic acids is 1. The largest absolute Gasteiger partial charge is 0.346 e. The molecule has 1 fully saturated rings. The Labute approximate surface area is 126 Å². The molecule has 1 heterocycles. The first-order valence-corrected chi connectivity index (χ1v) is 7.13. The van der Waals surface area contributed by atoms with Crippen molar-refractivity contribution in [3.8, 4) is 0 Å². The SMILES string of the molecule is Cc1cc(C(=O)NC(CN)C2CCCCC2)nn1C.Cl. The lowest BCUT2D eigenvalue weighted by Crippen LogP contribution is -2.46. The van der Waals surface area contributed by atoms with Crippen molar-refractivity contribution in [2.24, 2.45) is 18.7 Å². The highest BCUT2D eigenvalue weighted by molar-refractivity contribution is 5.92. The van der Waals surface area contributed by atoms with Crippen LogP contribution >= 0.6 is 12.4 Å². The standard InChI is InChI=1S/C14H24N4O.ClH/c1-10-8-12(17-18(10)2)14(19)16-13(9-15)11-6-4-3-5-7-11;/h8,11,13H,3-7,9,15H2,1-2H3,(H,16,19);1H. The van der Waals surface area contributed by atoms with E-state index >= 15 is 0 Å². The predicted molar refractivity (Wildman–Crippen MR) is 82.1 cm³/mol. The van der Waals surface area contributed by atoms with E-state index in [9.17, 15) is 4.79 Å². The van der Waals surface area contributed by atoms with E-state index in [0.717, 1.165) is 5.69 Å². The summed E-state index contributed by atoms with van der Waals surface area (Å²) in [6.45, 7) is 2.44. The Balaban J connectivity index is 0.00000200. The maximum atomic E-state index is 12.2. The van der Waals surface area contributed by atoms with Gasteiger partial charge in [-0.1, -0.05) is 19.3 Å². The van der Waals surface area contributed by atoms with Gasteiger partial charge in [0.2, 0.25) is 0 Å². The molecule has 0 radical (unpaired) electrons. The quantitative estimate of drug-likeness (QED) is 0.890. The highest BCUT2D eigenvalue weighted by Crippen LogP contribution is 2.26. The van der Waals surface area contributed by atoms with E-state index < -0.39 is 0 Å². The minimum Gasteiger partial charge on any atom is -0.346 e. The monoisotopic (exact) mass is 300 g/mol. The number of hydrogen-bond acceptors (Lipinski definition) is 3. The normalized spacial score (nSPS) is 17.4. The number of amides is 1. The van der Waals surface area contributed by atoms with E-state index in [0.29, 0.717) is 18.2 Å². The number of aryl methyl sites for hydroxylation is 2. The molecular weight excluding hydrogens is 276 g/mol. The molecule has 0 aromatic carbocycles. The van der Waals surface area contributed by atoms with Gasteiger partial charge in [-0.15, -0.1) is 12.4 Å². The van der Waals surface area contributed by atoms with Gasteiger partial charge in [-0.3, -0.25) is 9.48 Å². The second-order valence-corrected chi connectivity index (χ2v) is 5.51. The number of halogens is 1. The van der Waals surface area contributed by atoms with Crippen LogP contribution in [0.2, 0.25) is 0 Å². The van der Waals surface area contributed by atoms with Gasteiger partial charge in [-0.05, 0) is 31.7 Å². The molecule has 0 bridgehead atoms. The lowest BCUT2D eigenvalue weighted by molar-refractivity contribution is 0.0909. The molecule has 1 atom stereocenters. The Hall–Kier alpha value is -1.07. The fourth-order valence-corrected chi connectivity index (χ4v) is 2.82. The van der Waals surface area contributed by atoms with Crippen LogP contribution in [0.5, 0.6) is 0 Å². The molecule has 3 N–H and O–H groups in total. The molecule has 6 heteroatoms. The molecule has 0 spiro atoms. The summed E-state index contributed by atoms with van der Waals surface area (Å²) in [7, 11) is 1.84. The van der Waals surface area contributed by atoms with Crippen LogP contribution in [-0.4, -0.2) is 28.3 Å². The molecule has 1 aliphatic carbocycles. The van der Waals surface area contributed by atoms with Gasteiger partial charge < -0.3 is 11.1 Å². The highest BCUT2D eigenvalue weighted by atomic mass is 35.5. The molecule has 1 saturated carbocycles. The first kappa shape index (κ1) is 17.0. The van der Waals surface area contributed by atoms with Crippen LogP contribution in [-0.2, 0) is 7.05 Å². The van der Waals surface area contributed by atoms with Crippen LogP contribution in [0.1, 0.15) is 48.3 Å². The minimum atomic E-state index is -0.107. The van der Waals surface area contributed by atoms with Crippen molar-refractivity contribution in [3.63, 3.8) is 0 Å². The fourth-order valence-electron chi connectivity index (χ4n) is 2.82. The van der Waals surface area contributed by atoms with Crippen LogP contribution in [0.15, 0.2) is 6.07 Å². The van der Waals surface area contributed by atoms with Gasteiger partial charge in [-0.2, -0.15) is 5.10 Å². The van der Waals surface area contributed by atoms with Gasteiger partial charge in [0.1, 0.15) is 5.69 Å². The van der Waals surface area contributed by atoms with E-state index in [-0.39, 0.29) is 24.4 Å². The number of hydrogen-bond donors (Lipinski definition) is 2. The number of aromatic nitrogens is 2. The lowest BCUT2D eigenvalue weighted by Gasteiger charge is -2.29. The van der Waals surface area contributed by atoms with E-state index in [4.69, 9.17) is 5.73 Å². The molecule has 5 nitrogen and oxygen atoms in total. The first-order chi connectivity index (χ1) is 9.11. The molecule has 1 amide bonds. The van der Waals surface area contributed by atoms with Crippen LogP contribution in [0.25, 0.3) is 0 Å². The Morgan fingerprint density at radius 1 is 1.50 bits per heavy atom. The van der Waals surface area contributed by atoms with Crippen molar-refractivity contribution in [1.29, 1.82) is 0 Å². The average molecular weight is 301 g/mol. The number of nitrogens with zero attached hydrogens (tertiary/aromatic N) is 2. The number of carbonyl (C=O) groups is 1. The van der Waals surface area contributed by atoms with Gasteiger partial charge >= 0.3 is 0 Å². The number of nitrogens with two attached hydrogens (primary N) is 1. The molecule has 20 heavy (non-hydrogen) atoms. The van der Waals surface area contributed by atoms with Crippen molar-refractivity contribution >= 4 is 18.3 Å². The second kappa shape index (κ2) is 7.64. The third-order valence-corrected chi connectivity index (χ3v) is 4.14. The molecule has 1 aromatic rings. The molecule has 1 aromatic heterocycles. The third-order valence-electron chi connectivity index (χ3n) is 4.14. The van der Waals surface area contributed by atoms with Crippen molar-refractivity contribution < 1.29 is 4.79 Å². The number of nitrogens with one attached hydrogen (secondary N) is 1. The Morgan fingerprint density at radius 2 is 2.15 bits per heavy atom. The van der Waals surface area contributed by atoms with Gasteiger partial charge in [0.25, 0.3) is 5.91 Å². The maximum Gasteiger partial charge on any atom is 0.272 e. The summed E-state index contributed by atoms with van der Waals surface area (Å²) < 4.78 is 1.72. The Kier molecular flexibility index (Phi) is 6.49. The summed E-state index contributed by atoms with van der Waals surface area (Å²) in [6, 6.07) is 1.89. The van der Waals surface area contributed by atoms with Crippen molar-refractivity contribution in [2.75, 3.05) is 6.54 Å². The van der Waals surface area contributed by atoms with Crippen LogP contribution in [0.4, 0.5) is 0 Å². The first-order valence-electron chi connectivity index (χ1n) is 7.13. The predicted octanol–water partition coefficient (Wildman–Crippen LogP) is 1.79. The zero-order valence-electron chi connectivity index (χ0n) is 12.3. The third kappa shape index (κ3) is 3.96. The molecule has 2 rings (SSSR count). The number of rotatable bonds is 4. The Bertz CT molecular complexity index is 421. The van der Waals surface area contributed by atoms with Crippen LogP contribution in [0, 0.1) is 12.8 Å². The van der Waals surface area contributed by atoms with Crippen LogP contribution < -0.4 is 11.1 Å². The average Bonchev–Trinajstić information content (AvgIpc) is 2.77. The maximum absolute atomic E-state index is 12.2. The Morgan fingerprint density at radius 3 is 2.65 bits per heavy atom. The van der Waals surface area contributed by atoms with Gasteiger partial charge in [0, 0.05) is 25.3 Å². The fraction of sp³-hybridized carbons (Fsp3) is 0.714. The van der Waals surface area contributed by atoms with Gasteiger partial charge in [-0.25, -0.2) is 0 Å². The second-order valence-electron chi connectivity index (χ2n) is 5.51. The van der Waals surface area contributed by atoms with Gasteiger partial charge in [0.05, 0.1) is 0 Å². The smallest absolute Gasteiger partial charge is 0.272 e. The van der Waals surface area contributed by atoms with E-state index in [1.807, 2.05) is 20.0 Å². The topological polar surface area (TPSA) is 72.9 Å². The van der Waals surface area contributed by atoms with Crippen molar-refractivity contribution in [2.45, 2.75) is 45.1 Å². The van der Waals surface area contributed by atoms with Crippen LogP contribution in [0.3, 0.4) is 0 Å². The van der Waals surface area contributed by atoms with E-state index in [2.05, 4.69) is 10.4 Å². The molecule has 0 aliphatic heterocycles.